The molecule has 0 unspecified atom stereocenters. The average molecular weight is 355 g/mol. The van der Waals surface area contributed by atoms with E-state index in [1.807, 2.05) is 0 Å². The van der Waals surface area contributed by atoms with Crippen LogP contribution in [0.5, 0.6) is 5.75 Å². The van der Waals surface area contributed by atoms with Gasteiger partial charge in [0.15, 0.2) is 0 Å². The zero-order valence-corrected chi connectivity index (χ0v) is 14.1. The molecule has 114 valence electrons. The van der Waals surface area contributed by atoms with Gasteiger partial charge in [-0.15, -0.1) is 0 Å². The number of amides is 1. The lowest BCUT2D eigenvalue weighted by Gasteiger charge is -2.19. The van der Waals surface area contributed by atoms with Crippen molar-refractivity contribution in [3.05, 3.63) is 22.2 Å². The Kier molecular flexibility index (Phi) is 5.91. The highest BCUT2D eigenvalue weighted by Crippen LogP contribution is 2.29. The van der Waals surface area contributed by atoms with Gasteiger partial charge in [-0.1, -0.05) is 11.8 Å². The number of anilines is 1. The molecule has 0 fully saturated rings. The van der Waals surface area contributed by atoms with E-state index < -0.39 is 11.7 Å². The van der Waals surface area contributed by atoms with Crippen LogP contribution in [0.2, 0.25) is 0 Å². The SMILES string of the molecule is COc1cc(N)c(C#CCNC(=O)OC(C)(C)C)cc1Br. The first-order valence-corrected chi connectivity index (χ1v) is 7.11. The molecule has 0 aliphatic rings. The number of nitrogen functional groups attached to an aromatic ring is 1. The Hall–Kier alpha value is -1.87. The first-order valence-electron chi connectivity index (χ1n) is 6.31. The van der Waals surface area contributed by atoms with Crippen LogP contribution < -0.4 is 15.8 Å². The summed E-state index contributed by atoms with van der Waals surface area (Å²) in [5, 5.41) is 2.55. The highest BCUT2D eigenvalue weighted by molar-refractivity contribution is 9.10. The first-order chi connectivity index (χ1) is 9.73. The van der Waals surface area contributed by atoms with Gasteiger partial charge in [0.25, 0.3) is 0 Å². The number of nitrogens with one attached hydrogen (secondary N) is 1. The molecule has 0 bridgehead atoms. The van der Waals surface area contributed by atoms with Crippen LogP contribution in [0.3, 0.4) is 0 Å². The van der Waals surface area contributed by atoms with E-state index >= 15 is 0 Å². The normalized spacial score (nSPS) is 10.3. The second-order valence-corrected chi connectivity index (χ2v) is 6.09. The molecule has 0 aliphatic heterocycles. The van der Waals surface area contributed by atoms with Crippen molar-refractivity contribution in [2.75, 3.05) is 19.4 Å². The van der Waals surface area contributed by atoms with Crippen molar-refractivity contribution < 1.29 is 14.3 Å². The molecule has 0 heterocycles. The molecule has 21 heavy (non-hydrogen) atoms. The second-order valence-electron chi connectivity index (χ2n) is 5.23. The summed E-state index contributed by atoms with van der Waals surface area (Å²) in [6, 6.07) is 3.46. The van der Waals surface area contributed by atoms with Gasteiger partial charge < -0.3 is 20.5 Å². The molecule has 1 rings (SSSR count). The van der Waals surface area contributed by atoms with Crippen molar-refractivity contribution in [3.63, 3.8) is 0 Å². The molecule has 5 nitrogen and oxygen atoms in total. The van der Waals surface area contributed by atoms with E-state index in [1.165, 1.54) is 0 Å². The third-order valence-electron chi connectivity index (χ3n) is 2.27. The lowest BCUT2D eigenvalue weighted by Crippen LogP contribution is -2.32. The van der Waals surface area contributed by atoms with Crippen molar-refractivity contribution in [1.29, 1.82) is 0 Å². The van der Waals surface area contributed by atoms with E-state index in [0.717, 1.165) is 4.47 Å². The minimum atomic E-state index is -0.525. The zero-order valence-electron chi connectivity index (χ0n) is 12.5. The summed E-state index contributed by atoms with van der Waals surface area (Å²) >= 11 is 3.37. The van der Waals surface area contributed by atoms with Gasteiger partial charge in [-0.3, -0.25) is 0 Å². The molecule has 1 aromatic rings. The van der Waals surface area contributed by atoms with E-state index in [1.54, 1.807) is 40.0 Å². The molecule has 0 radical (unpaired) electrons. The maximum atomic E-state index is 11.4. The molecule has 0 aromatic heterocycles. The molecule has 1 amide bonds. The summed E-state index contributed by atoms with van der Waals surface area (Å²) in [6.07, 6.45) is -0.499. The summed E-state index contributed by atoms with van der Waals surface area (Å²) in [4.78, 5) is 11.4. The highest BCUT2D eigenvalue weighted by Gasteiger charge is 2.15. The van der Waals surface area contributed by atoms with Gasteiger partial charge in [-0.25, -0.2) is 4.79 Å². The van der Waals surface area contributed by atoms with E-state index in [-0.39, 0.29) is 6.54 Å². The number of hydrogen-bond acceptors (Lipinski definition) is 4. The van der Waals surface area contributed by atoms with Gasteiger partial charge in [0, 0.05) is 11.6 Å². The smallest absolute Gasteiger partial charge is 0.408 e. The quantitative estimate of drug-likeness (QED) is 0.632. The lowest BCUT2D eigenvalue weighted by molar-refractivity contribution is 0.0535. The van der Waals surface area contributed by atoms with Gasteiger partial charge in [-0.05, 0) is 42.8 Å². The number of rotatable bonds is 2. The summed E-state index contributed by atoms with van der Waals surface area (Å²) in [6.45, 7) is 5.58. The van der Waals surface area contributed by atoms with Crippen LogP contribution in [-0.2, 0) is 4.74 Å². The predicted octanol–water partition coefficient (Wildman–Crippen LogP) is 2.92. The van der Waals surface area contributed by atoms with Gasteiger partial charge in [0.05, 0.1) is 23.8 Å². The van der Waals surface area contributed by atoms with Gasteiger partial charge in [0.1, 0.15) is 11.4 Å². The molecule has 0 spiro atoms. The van der Waals surface area contributed by atoms with E-state index in [2.05, 4.69) is 33.1 Å². The van der Waals surface area contributed by atoms with Crippen molar-refractivity contribution in [3.8, 4) is 17.6 Å². The topological polar surface area (TPSA) is 73.6 Å². The van der Waals surface area contributed by atoms with Crippen molar-refractivity contribution >= 4 is 27.7 Å². The predicted molar refractivity (Wildman–Crippen MR) is 86.2 cm³/mol. The van der Waals surface area contributed by atoms with Crippen LogP contribution in [0.25, 0.3) is 0 Å². The molecule has 6 heteroatoms. The number of hydrogen-bond donors (Lipinski definition) is 2. The molecular formula is C15H19BrN2O3. The van der Waals surface area contributed by atoms with E-state index in [9.17, 15) is 4.79 Å². The lowest BCUT2D eigenvalue weighted by atomic mass is 10.2. The molecule has 1 aromatic carbocycles. The summed E-state index contributed by atoms with van der Waals surface area (Å²) in [7, 11) is 1.57. The fraction of sp³-hybridized carbons (Fsp3) is 0.400. The third-order valence-corrected chi connectivity index (χ3v) is 2.89. The number of benzene rings is 1. The van der Waals surface area contributed by atoms with E-state index in [0.29, 0.717) is 17.0 Å². The van der Waals surface area contributed by atoms with Crippen LogP contribution in [-0.4, -0.2) is 25.3 Å². The van der Waals surface area contributed by atoms with Crippen molar-refractivity contribution in [1.82, 2.24) is 5.32 Å². The Balaban J connectivity index is 2.64. The highest BCUT2D eigenvalue weighted by atomic mass is 79.9. The monoisotopic (exact) mass is 354 g/mol. The Labute approximate surface area is 133 Å². The molecular weight excluding hydrogens is 336 g/mol. The fourth-order valence-corrected chi connectivity index (χ4v) is 1.91. The zero-order chi connectivity index (χ0) is 16.0. The Morgan fingerprint density at radius 1 is 1.43 bits per heavy atom. The Bertz CT molecular complexity index is 583. The number of ether oxygens (including phenoxy) is 2. The van der Waals surface area contributed by atoms with Crippen LogP contribution in [0.4, 0.5) is 10.5 Å². The molecule has 0 aliphatic carbocycles. The number of methoxy groups -OCH3 is 1. The maximum Gasteiger partial charge on any atom is 0.408 e. The number of nitrogens with two attached hydrogens (primary N) is 1. The standard InChI is InChI=1S/C15H19BrN2O3/c1-15(2,3)21-14(19)18-7-5-6-10-8-11(16)13(20-4)9-12(10)17/h8-9H,7,17H2,1-4H3,(H,18,19). The van der Waals surface area contributed by atoms with Gasteiger partial charge >= 0.3 is 6.09 Å². The largest absolute Gasteiger partial charge is 0.495 e. The maximum absolute atomic E-state index is 11.4. The number of carbonyl (C=O) groups excluding carboxylic acids is 1. The van der Waals surface area contributed by atoms with Gasteiger partial charge in [-0.2, -0.15) is 0 Å². The summed E-state index contributed by atoms with van der Waals surface area (Å²) in [5.41, 5.74) is 6.53. The summed E-state index contributed by atoms with van der Waals surface area (Å²) in [5.74, 6) is 6.36. The van der Waals surface area contributed by atoms with Crippen LogP contribution >= 0.6 is 15.9 Å². The Morgan fingerprint density at radius 3 is 2.67 bits per heavy atom. The molecule has 3 N–H and O–H groups in total. The first kappa shape index (κ1) is 17.2. The average Bonchev–Trinajstić information content (AvgIpc) is 2.35. The van der Waals surface area contributed by atoms with Crippen LogP contribution in [0.1, 0.15) is 26.3 Å². The second kappa shape index (κ2) is 7.23. The molecule has 0 saturated heterocycles. The number of carbonyl (C=O) groups is 1. The van der Waals surface area contributed by atoms with Crippen molar-refractivity contribution in [2.24, 2.45) is 0 Å². The number of alkyl carbamates (subject to hydrolysis) is 1. The summed E-state index contributed by atoms with van der Waals surface area (Å²) < 4.78 is 11.0. The molecule has 0 saturated carbocycles. The minimum Gasteiger partial charge on any atom is -0.495 e. The molecule has 0 atom stereocenters. The fourth-order valence-electron chi connectivity index (χ4n) is 1.40. The third kappa shape index (κ3) is 5.96. The van der Waals surface area contributed by atoms with E-state index in [4.69, 9.17) is 15.2 Å². The Morgan fingerprint density at radius 2 is 2.10 bits per heavy atom. The number of halogens is 1. The van der Waals surface area contributed by atoms with Crippen molar-refractivity contribution in [2.45, 2.75) is 26.4 Å². The minimum absolute atomic E-state index is 0.179. The van der Waals surface area contributed by atoms with Crippen LogP contribution in [0.15, 0.2) is 16.6 Å². The van der Waals surface area contributed by atoms with Gasteiger partial charge in [0.2, 0.25) is 0 Å². The van der Waals surface area contributed by atoms with Crippen LogP contribution in [0, 0.1) is 11.8 Å².